The molecule has 12 heteroatoms. The Morgan fingerprint density at radius 2 is 1.08 bits per heavy atom. The first kappa shape index (κ1) is 27.2. The van der Waals surface area contributed by atoms with Gasteiger partial charge in [-0.15, -0.1) is 0 Å². The predicted molar refractivity (Wildman–Crippen MR) is 131 cm³/mol. The molecule has 37 heavy (non-hydrogen) atoms. The van der Waals surface area contributed by atoms with E-state index < -0.39 is 41.9 Å². The molecule has 190 valence electrons. The van der Waals surface area contributed by atoms with E-state index in [0.717, 1.165) is 0 Å². The largest absolute Gasteiger partial charge is 0.478 e. The number of halogens is 2. The molecule has 0 aliphatic heterocycles. The van der Waals surface area contributed by atoms with Crippen LogP contribution in [0, 0.1) is 0 Å². The van der Waals surface area contributed by atoms with Crippen LogP contribution in [0.4, 0.5) is 0 Å². The molecular formula is C25H18Cl2N2O8. The van der Waals surface area contributed by atoms with Gasteiger partial charge in [0.1, 0.15) is 0 Å². The smallest absolute Gasteiger partial charge is 0.349 e. The number of carbonyl (C=O) groups excluding carboxylic acids is 4. The van der Waals surface area contributed by atoms with Gasteiger partial charge in [0, 0.05) is 15.6 Å². The summed E-state index contributed by atoms with van der Waals surface area (Å²) in [7, 11) is 0. The van der Waals surface area contributed by atoms with Gasteiger partial charge in [-0.05, 0) is 60.7 Å². The normalized spacial score (nSPS) is 11.9. The molecule has 0 saturated carbocycles. The number of ether oxygens (including phenoxy) is 2. The van der Waals surface area contributed by atoms with Crippen LogP contribution in [0.3, 0.4) is 0 Å². The highest BCUT2D eigenvalue weighted by atomic mass is 35.5. The number of esters is 2. The fourth-order valence-corrected chi connectivity index (χ4v) is 3.14. The van der Waals surface area contributed by atoms with Gasteiger partial charge in [-0.2, -0.15) is 0 Å². The summed E-state index contributed by atoms with van der Waals surface area (Å²) in [5, 5.41) is 10.4. The zero-order valence-corrected chi connectivity index (χ0v) is 20.2. The molecule has 0 fully saturated rings. The summed E-state index contributed by atoms with van der Waals surface area (Å²) >= 11 is 11.6. The van der Waals surface area contributed by atoms with Crippen LogP contribution in [-0.2, 0) is 19.1 Å². The maximum atomic E-state index is 12.9. The molecule has 2 atom stereocenters. The fraction of sp³-hybridized carbons (Fsp3) is 0.0800. The summed E-state index contributed by atoms with van der Waals surface area (Å²) < 4.78 is 10.1. The summed E-state index contributed by atoms with van der Waals surface area (Å²) in [6.07, 6.45) is -4.49. The molecule has 0 radical (unpaired) electrons. The summed E-state index contributed by atoms with van der Waals surface area (Å²) in [4.78, 5) is 62.4. The van der Waals surface area contributed by atoms with E-state index in [-0.39, 0.29) is 16.7 Å². The Kier molecular flexibility index (Phi) is 9.20. The summed E-state index contributed by atoms with van der Waals surface area (Å²) in [6, 6.07) is 18.4. The number of benzene rings is 3. The van der Waals surface area contributed by atoms with Crippen molar-refractivity contribution in [3.05, 3.63) is 106 Å². The number of hydrazine groups is 1. The van der Waals surface area contributed by atoms with Crippen LogP contribution in [0.5, 0.6) is 0 Å². The molecule has 3 aromatic rings. The zero-order chi connectivity index (χ0) is 26.9. The summed E-state index contributed by atoms with van der Waals surface area (Å²) in [5.74, 6) is -6.04. The molecule has 3 rings (SSSR count). The average molecular weight is 545 g/mol. The molecule has 0 aromatic heterocycles. The molecule has 0 unspecified atom stereocenters. The van der Waals surface area contributed by atoms with Crippen molar-refractivity contribution in [2.75, 3.05) is 0 Å². The van der Waals surface area contributed by atoms with Crippen LogP contribution in [0.2, 0.25) is 10.0 Å². The number of amides is 2. The van der Waals surface area contributed by atoms with E-state index in [9.17, 15) is 29.1 Å². The van der Waals surface area contributed by atoms with Gasteiger partial charge < -0.3 is 14.6 Å². The maximum absolute atomic E-state index is 12.9. The molecule has 0 aliphatic carbocycles. The van der Waals surface area contributed by atoms with Crippen molar-refractivity contribution in [3.63, 3.8) is 0 Å². The van der Waals surface area contributed by atoms with Crippen molar-refractivity contribution in [3.8, 4) is 0 Å². The lowest BCUT2D eigenvalue weighted by Crippen LogP contribution is -2.54. The van der Waals surface area contributed by atoms with E-state index in [1.54, 1.807) is 18.2 Å². The molecular weight excluding hydrogens is 527 g/mol. The van der Waals surface area contributed by atoms with E-state index in [0.29, 0.717) is 10.0 Å². The lowest BCUT2D eigenvalue weighted by molar-refractivity contribution is -0.159. The standard InChI is InChI=1S/C25H18Cl2N2O8/c26-17-10-6-15(7-11-17)24(34)36-19(22(31)29-28-21(30)14-4-2-1-3-5-14)20(23(32)33)37-25(35)16-8-12-18(27)13-9-16/h1-13,19-20H,(H,28,30)(H,29,31)(H,32,33)/t19-,20-/m0/s1. The third-order valence-corrected chi connectivity index (χ3v) is 5.24. The summed E-state index contributed by atoms with van der Waals surface area (Å²) in [6.45, 7) is 0. The van der Waals surface area contributed by atoms with E-state index in [1.165, 1.54) is 60.7 Å². The van der Waals surface area contributed by atoms with E-state index in [2.05, 4.69) is 5.43 Å². The second kappa shape index (κ2) is 12.5. The van der Waals surface area contributed by atoms with Crippen molar-refractivity contribution >= 4 is 52.9 Å². The number of aliphatic carboxylic acids is 1. The predicted octanol–water partition coefficient (Wildman–Crippen LogP) is 3.29. The fourth-order valence-electron chi connectivity index (χ4n) is 2.88. The third-order valence-electron chi connectivity index (χ3n) is 4.74. The molecule has 0 aliphatic rings. The molecule has 10 nitrogen and oxygen atoms in total. The van der Waals surface area contributed by atoms with Crippen molar-refractivity contribution in [1.82, 2.24) is 10.9 Å². The van der Waals surface area contributed by atoms with E-state index in [4.69, 9.17) is 32.7 Å². The van der Waals surface area contributed by atoms with Crippen LogP contribution in [0.15, 0.2) is 78.9 Å². The van der Waals surface area contributed by atoms with Gasteiger partial charge in [0.05, 0.1) is 11.1 Å². The Balaban J connectivity index is 1.84. The number of carboxylic acids is 1. The van der Waals surface area contributed by atoms with Crippen LogP contribution in [-0.4, -0.2) is 47.0 Å². The van der Waals surface area contributed by atoms with E-state index >= 15 is 0 Å². The lowest BCUT2D eigenvalue weighted by atomic mass is 10.1. The van der Waals surface area contributed by atoms with Crippen molar-refractivity contribution in [2.45, 2.75) is 12.2 Å². The van der Waals surface area contributed by atoms with Crippen LogP contribution in [0.1, 0.15) is 31.1 Å². The van der Waals surface area contributed by atoms with Crippen molar-refractivity contribution < 1.29 is 38.6 Å². The Morgan fingerprint density at radius 1 is 0.622 bits per heavy atom. The minimum Gasteiger partial charge on any atom is -0.478 e. The molecule has 0 heterocycles. The first-order valence-electron chi connectivity index (χ1n) is 10.5. The number of nitrogens with one attached hydrogen (secondary N) is 2. The Morgan fingerprint density at radius 3 is 1.54 bits per heavy atom. The monoisotopic (exact) mass is 544 g/mol. The first-order valence-corrected chi connectivity index (χ1v) is 11.2. The molecule has 3 N–H and O–H groups in total. The van der Waals surface area contributed by atoms with Crippen LogP contribution < -0.4 is 10.9 Å². The molecule has 0 bridgehead atoms. The molecule has 2 amide bonds. The number of rotatable bonds is 8. The zero-order valence-electron chi connectivity index (χ0n) is 18.7. The molecule has 0 saturated heterocycles. The molecule has 3 aromatic carbocycles. The van der Waals surface area contributed by atoms with Gasteiger partial charge in [0.15, 0.2) is 0 Å². The number of hydrogen-bond donors (Lipinski definition) is 3. The van der Waals surface area contributed by atoms with Gasteiger partial charge in [0.2, 0.25) is 12.2 Å². The van der Waals surface area contributed by atoms with Crippen LogP contribution >= 0.6 is 23.2 Å². The van der Waals surface area contributed by atoms with Gasteiger partial charge in [0.25, 0.3) is 11.8 Å². The van der Waals surface area contributed by atoms with Gasteiger partial charge >= 0.3 is 17.9 Å². The minimum absolute atomic E-state index is 0.0660. The topological polar surface area (TPSA) is 148 Å². The molecule has 0 spiro atoms. The number of carboxylic acid groups (broad SMARTS) is 1. The quantitative estimate of drug-likeness (QED) is 0.289. The first-order chi connectivity index (χ1) is 17.7. The highest BCUT2D eigenvalue weighted by Gasteiger charge is 2.41. The van der Waals surface area contributed by atoms with Gasteiger partial charge in [-0.1, -0.05) is 41.4 Å². The van der Waals surface area contributed by atoms with Crippen molar-refractivity contribution in [2.24, 2.45) is 0 Å². The van der Waals surface area contributed by atoms with Gasteiger partial charge in [-0.25, -0.2) is 14.4 Å². The summed E-state index contributed by atoms with van der Waals surface area (Å²) in [5.41, 5.74) is 4.13. The Hall–Kier alpha value is -4.41. The van der Waals surface area contributed by atoms with Crippen molar-refractivity contribution in [1.29, 1.82) is 0 Å². The lowest BCUT2D eigenvalue weighted by Gasteiger charge is -2.23. The number of hydrogen-bond acceptors (Lipinski definition) is 7. The van der Waals surface area contributed by atoms with Gasteiger partial charge in [-0.3, -0.25) is 20.4 Å². The minimum atomic E-state index is -2.28. The maximum Gasteiger partial charge on any atom is 0.349 e. The Labute approximate surface area is 220 Å². The highest BCUT2D eigenvalue weighted by Crippen LogP contribution is 2.16. The Bertz CT molecular complexity index is 1300. The average Bonchev–Trinajstić information content (AvgIpc) is 2.89. The highest BCUT2D eigenvalue weighted by molar-refractivity contribution is 6.31. The SMILES string of the molecule is O=C(NNC(=O)[C@@H](OC(=O)c1ccc(Cl)cc1)[C@H](OC(=O)c1ccc(Cl)cc1)C(=O)O)c1ccccc1. The third kappa shape index (κ3) is 7.53. The second-order valence-corrected chi connectivity index (χ2v) is 8.19. The van der Waals surface area contributed by atoms with Crippen LogP contribution in [0.25, 0.3) is 0 Å². The van der Waals surface area contributed by atoms with E-state index in [1.807, 2.05) is 5.43 Å². The second-order valence-electron chi connectivity index (χ2n) is 7.31. The number of carbonyl (C=O) groups is 5.